The molecular formula is C14H12ClNO3. The van der Waals surface area contributed by atoms with E-state index in [1.807, 2.05) is 18.2 Å². The van der Waals surface area contributed by atoms with Gasteiger partial charge in [0.2, 0.25) is 0 Å². The molecule has 0 unspecified atom stereocenters. The number of nitrogens with zero attached hydrogens (tertiary/aromatic N) is 1. The standard InChI is InChI=1S/C14H12ClNO3/c15-13-5-4-11(9-12(13)14(17)18)19-8-6-10-3-1-2-7-16-10/h1-5,7,9H,6,8H2,(H,17,18). The lowest BCUT2D eigenvalue weighted by atomic mass is 10.2. The second-order valence-corrected chi connectivity index (χ2v) is 4.27. The van der Waals surface area contributed by atoms with E-state index in [2.05, 4.69) is 4.98 Å². The van der Waals surface area contributed by atoms with Crippen LogP contribution in [0.25, 0.3) is 0 Å². The second-order valence-electron chi connectivity index (χ2n) is 3.87. The van der Waals surface area contributed by atoms with Crippen molar-refractivity contribution < 1.29 is 14.6 Å². The van der Waals surface area contributed by atoms with Gasteiger partial charge in [-0.2, -0.15) is 0 Å². The van der Waals surface area contributed by atoms with Crippen molar-refractivity contribution in [3.63, 3.8) is 0 Å². The first kappa shape index (κ1) is 13.4. The highest BCUT2D eigenvalue weighted by Gasteiger charge is 2.09. The zero-order chi connectivity index (χ0) is 13.7. The summed E-state index contributed by atoms with van der Waals surface area (Å²) in [5, 5.41) is 9.14. The molecule has 0 fully saturated rings. The van der Waals surface area contributed by atoms with Crippen LogP contribution in [0, 0.1) is 0 Å². The molecule has 2 aromatic rings. The summed E-state index contributed by atoms with van der Waals surface area (Å²) < 4.78 is 5.49. The lowest BCUT2D eigenvalue weighted by molar-refractivity contribution is 0.0696. The van der Waals surface area contributed by atoms with Crippen LogP contribution in [0.15, 0.2) is 42.6 Å². The van der Waals surface area contributed by atoms with E-state index in [1.54, 1.807) is 12.3 Å². The summed E-state index contributed by atoms with van der Waals surface area (Å²) in [7, 11) is 0. The third-order valence-corrected chi connectivity index (χ3v) is 2.85. The van der Waals surface area contributed by atoms with E-state index in [0.29, 0.717) is 18.8 Å². The van der Waals surface area contributed by atoms with E-state index in [4.69, 9.17) is 21.4 Å². The number of rotatable bonds is 5. The van der Waals surface area contributed by atoms with Gasteiger partial charge in [0.1, 0.15) is 5.75 Å². The molecule has 1 heterocycles. The molecule has 0 saturated heterocycles. The zero-order valence-corrected chi connectivity index (χ0v) is 10.8. The number of aromatic carboxylic acids is 1. The van der Waals surface area contributed by atoms with Crippen molar-refractivity contribution in [1.29, 1.82) is 0 Å². The van der Waals surface area contributed by atoms with Crippen molar-refractivity contribution in [3.05, 3.63) is 58.9 Å². The van der Waals surface area contributed by atoms with E-state index < -0.39 is 5.97 Å². The van der Waals surface area contributed by atoms with Crippen LogP contribution in [-0.4, -0.2) is 22.7 Å². The molecule has 2 rings (SSSR count). The van der Waals surface area contributed by atoms with Gasteiger partial charge in [0.25, 0.3) is 0 Å². The van der Waals surface area contributed by atoms with Gasteiger partial charge < -0.3 is 9.84 Å². The van der Waals surface area contributed by atoms with E-state index in [1.165, 1.54) is 12.1 Å². The SMILES string of the molecule is O=C(O)c1cc(OCCc2ccccn2)ccc1Cl. The first-order valence-corrected chi connectivity index (χ1v) is 6.10. The molecule has 1 aromatic heterocycles. The van der Waals surface area contributed by atoms with Gasteiger partial charge in [0.15, 0.2) is 0 Å². The van der Waals surface area contributed by atoms with Crippen molar-refractivity contribution in [3.8, 4) is 5.75 Å². The monoisotopic (exact) mass is 277 g/mol. The number of benzene rings is 1. The second kappa shape index (κ2) is 6.20. The Morgan fingerprint density at radius 2 is 2.16 bits per heavy atom. The van der Waals surface area contributed by atoms with Gasteiger partial charge >= 0.3 is 5.97 Å². The molecule has 0 amide bonds. The maximum atomic E-state index is 10.9. The third-order valence-electron chi connectivity index (χ3n) is 2.52. The molecule has 19 heavy (non-hydrogen) atoms. The van der Waals surface area contributed by atoms with Gasteiger partial charge in [-0.25, -0.2) is 4.79 Å². The molecule has 0 atom stereocenters. The predicted molar refractivity (Wildman–Crippen MR) is 71.8 cm³/mol. The Labute approximate surface area is 115 Å². The molecule has 0 aliphatic rings. The van der Waals surface area contributed by atoms with Gasteiger partial charge in [-0.1, -0.05) is 17.7 Å². The first-order valence-electron chi connectivity index (χ1n) is 5.72. The summed E-state index contributed by atoms with van der Waals surface area (Å²) in [6, 6.07) is 10.3. The van der Waals surface area contributed by atoms with E-state index in [-0.39, 0.29) is 10.6 Å². The molecule has 0 saturated carbocycles. The van der Waals surface area contributed by atoms with Gasteiger partial charge in [-0.15, -0.1) is 0 Å². The summed E-state index contributed by atoms with van der Waals surface area (Å²) in [6.45, 7) is 0.428. The topological polar surface area (TPSA) is 59.4 Å². The quantitative estimate of drug-likeness (QED) is 0.912. The third kappa shape index (κ3) is 3.69. The number of ether oxygens (including phenoxy) is 1. The van der Waals surface area contributed by atoms with Crippen LogP contribution >= 0.6 is 11.6 Å². The fourth-order valence-corrected chi connectivity index (χ4v) is 1.78. The van der Waals surface area contributed by atoms with Gasteiger partial charge in [0, 0.05) is 18.3 Å². The van der Waals surface area contributed by atoms with Crippen molar-refractivity contribution in [1.82, 2.24) is 4.98 Å². The minimum atomic E-state index is -1.07. The maximum Gasteiger partial charge on any atom is 0.337 e. The van der Waals surface area contributed by atoms with Crippen molar-refractivity contribution >= 4 is 17.6 Å². The first-order chi connectivity index (χ1) is 9.16. The molecule has 5 heteroatoms. The Balaban J connectivity index is 1.97. The Bertz CT molecular complexity index is 572. The molecule has 1 aromatic carbocycles. The number of carbonyl (C=O) groups is 1. The average Bonchev–Trinajstić information content (AvgIpc) is 2.41. The number of halogens is 1. The van der Waals surface area contributed by atoms with E-state index >= 15 is 0 Å². The number of hydrogen-bond donors (Lipinski definition) is 1. The molecule has 0 radical (unpaired) electrons. The zero-order valence-electron chi connectivity index (χ0n) is 10.0. The molecular weight excluding hydrogens is 266 g/mol. The Kier molecular flexibility index (Phi) is 4.36. The van der Waals surface area contributed by atoms with Crippen LogP contribution in [-0.2, 0) is 6.42 Å². The van der Waals surface area contributed by atoms with Gasteiger partial charge in [-0.3, -0.25) is 4.98 Å². The average molecular weight is 278 g/mol. The van der Waals surface area contributed by atoms with Crippen LogP contribution in [0.4, 0.5) is 0 Å². The van der Waals surface area contributed by atoms with E-state index in [9.17, 15) is 4.79 Å². The number of hydrogen-bond acceptors (Lipinski definition) is 3. The fraction of sp³-hybridized carbons (Fsp3) is 0.143. The molecule has 1 N–H and O–H groups in total. The predicted octanol–water partition coefficient (Wildman–Crippen LogP) is 3.05. The fourth-order valence-electron chi connectivity index (χ4n) is 1.58. The molecule has 0 spiro atoms. The van der Waals surface area contributed by atoms with Crippen molar-refractivity contribution in [2.45, 2.75) is 6.42 Å². The van der Waals surface area contributed by atoms with Crippen LogP contribution in [0.2, 0.25) is 5.02 Å². The Hall–Kier alpha value is -2.07. The Morgan fingerprint density at radius 3 is 2.84 bits per heavy atom. The Morgan fingerprint density at radius 1 is 1.32 bits per heavy atom. The van der Waals surface area contributed by atoms with E-state index in [0.717, 1.165) is 5.69 Å². The van der Waals surface area contributed by atoms with Crippen LogP contribution < -0.4 is 4.74 Å². The smallest absolute Gasteiger partial charge is 0.337 e. The summed E-state index contributed by atoms with van der Waals surface area (Å²) in [5.41, 5.74) is 0.965. The van der Waals surface area contributed by atoms with Crippen molar-refractivity contribution in [2.24, 2.45) is 0 Å². The largest absolute Gasteiger partial charge is 0.493 e. The maximum absolute atomic E-state index is 10.9. The summed E-state index contributed by atoms with van der Waals surface area (Å²) in [4.78, 5) is 15.1. The van der Waals surface area contributed by atoms with Crippen LogP contribution in [0.3, 0.4) is 0 Å². The minimum Gasteiger partial charge on any atom is -0.493 e. The molecule has 0 aliphatic carbocycles. The van der Waals surface area contributed by atoms with Crippen LogP contribution in [0.1, 0.15) is 16.1 Å². The highest BCUT2D eigenvalue weighted by atomic mass is 35.5. The minimum absolute atomic E-state index is 0.0389. The lowest BCUT2D eigenvalue weighted by Gasteiger charge is -2.07. The number of carboxylic acids is 1. The molecule has 4 nitrogen and oxygen atoms in total. The van der Waals surface area contributed by atoms with Crippen LogP contribution in [0.5, 0.6) is 5.75 Å². The molecule has 0 aliphatic heterocycles. The number of pyridine rings is 1. The summed E-state index contributed by atoms with van der Waals surface area (Å²) in [6.07, 6.45) is 2.38. The summed E-state index contributed by atoms with van der Waals surface area (Å²) in [5.74, 6) is -0.585. The molecule has 98 valence electrons. The number of aromatic nitrogens is 1. The van der Waals surface area contributed by atoms with Gasteiger partial charge in [0.05, 0.1) is 17.2 Å². The van der Waals surface area contributed by atoms with Gasteiger partial charge in [-0.05, 0) is 30.3 Å². The highest BCUT2D eigenvalue weighted by molar-refractivity contribution is 6.33. The highest BCUT2D eigenvalue weighted by Crippen LogP contribution is 2.22. The summed E-state index contributed by atoms with van der Waals surface area (Å²) >= 11 is 5.77. The lowest BCUT2D eigenvalue weighted by Crippen LogP contribution is -2.04. The number of carboxylic acid groups (broad SMARTS) is 1. The molecule has 0 bridgehead atoms. The normalized spacial score (nSPS) is 10.2. The van der Waals surface area contributed by atoms with Crippen molar-refractivity contribution in [2.75, 3.05) is 6.61 Å².